The number of benzene rings is 1. The SMILES string of the molecule is Br.C[CH2][Zn][c]1ccccc1. The van der Waals surface area contributed by atoms with Crippen molar-refractivity contribution in [2.75, 3.05) is 0 Å². The van der Waals surface area contributed by atoms with Gasteiger partial charge in [-0.1, -0.05) is 0 Å². The Labute approximate surface area is 80.4 Å². The van der Waals surface area contributed by atoms with Crippen LogP contribution in [0.1, 0.15) is 6.92 Å². The molecule has 1 aromatic carbocycles. The molecule has 0 spiro atoms. The quantitative estimate of drug-likeness (QED) is 0.709. The van der Waals surface area contributed by atoms with Crippen LogP contribution in [0.15, 0.2) is 30.3 Å². The van der Waals surface area contributed by atoms with Crippen molar-refractivity contribution in [1.82, 2.24) is 0 Å². The Bertz CT molecular complexity index is 162. The average molecular weight is 252 g/mol. The summed E-state index contributed by atoms with van der Waals surface area (Å²) in [6.07, 6.45) is 0. The number of hydrogen-bond acceptors (Lipinski definition) is 0. The van der Waals surface area contributed by atoms with Crippen molar-refractivity contribution in [1.29, 1.82) is 0 Å². The van der Waals surface area contributed by atoms with Gasteiger partial charge in [0.2, 0.25) is 0 Å². The van der Waals surface area contributed by atoms with Crippen LogP contribution < -0.4 is 4.16 Å². The Morgan fingerprint density at radius 2 is 1.80 bits per heavy atom. The van der Waals surface area contributed by atoms with Gasteiger partial charge in [-0.05, 0) is 0 Å². The molecule has 0 saturated carbocycles. The summed E-state index contributed by atoms with van der Waals surface area (Å²) in [6, 6.07) is 10.9. The summed E-state index contributed by atoms with van der Waals surface area (Å²) in [6.45, 7) is 2.28. The van der Waals surface area contributed by atoms with Crippen LogP contribution in [0.25, 0.3) is 0 Å². The average Bonchev–Trinajstić information content (AvgIpc) is 1.91. The topological polar surface area (TPSA) is 0 Å². The summed E-state index contributed by atoms with van der Waals surface area (Å²) in [5.74, 6) is 0. The van der Waals surface area contributed by atoms with Gasteiger partial charge in [0.05, 0.1) is 0 Å². The Hall–Kier alpha value is 0.323. The van der Waals surface area contributed by atoms with Crippen molar-refractivity contribution >= 4 is 21.1 Å². The second-order valence-corrected chi connectivity index (χ2v) is 7.10. The van der Waals surface area contributed by atoms with Crippen LogP contribution in [-0.4, -0.2) is 0 Å². The predicted octanol–water partition coefficient (Wildman–Crippen LogP) is 2.41. The monoisotopic (exact) mass is 250 g/mol. The van der Waals surface area contributed by atoms with Gasteiger partial charge in [0.25, 0.3) is 0 Å². The maximum atomic E-state index is 2.28. The molecule has 0 atom stereocenters. The van der Waals surface area contributed by atoms with Crippen LogP contribution >= 0.6 is 17.0 Å². The summed E-state index contributed by atoms with van der Waals surface area (Å²) < 4.78 is 1.63. The molecule has 52 valence electrons. The molecule has 1 aromatic rings. The molecule has 0 N–H and O–H groups in total. The van der Waals surface area contributed by atoms with Gasteiger partial charge in [-0.3, -0.25) is 0 Å². The molecule has 1 rings (SSSR count). The molecule has 0 aliphatic carbocycles. The van der Waals surface area contributed by atoms with Gasteiger partial charge in [0, 0.05) is 0 Å². The molecule has 2 heteroatoms. The Balaban J connectivity index is 0.000000810. The van der Waals surface area contributed by atoms with Crippen molar-refractivity contribution in [2.24, 2.45) is 0 Å². The van der Waals surface area contributed by atoms with Crippen LogP contribution in [0.4, 0.5) is 0 Å². The van der Waals surface area contributed by atoms with E-state index in [4.69, 9.17) is 0 Å². The van der Waals surface area contributed by atoms with Gasteiger partial charge in [-0.2, -0.15) is 0 Å². The minimum absolute atomic E-state index is 0. The fourth-order valence-electron chi connectivity index (χ4n) is 0.933. The van der Waals surface area contributed by atoms with Crippen LogP contribution in [0.5, 0.6) is 0 Å². The zero-order valence-corrected chi connectivity index (χ0v) is 10.9. The second kappa shape index (κ2) is 6.06. The number of halogens is 1. The fourth-order valence-corrected chi connectivity index (χ4v) is 3.42. The minimum atomic E-state index is -0.290. The summed E-state index contributed by atoms with van der Waals surface area (Å²) in [7, 11) is 0. The van der Waals surface area contributed by atoms with E-state index in [1.807, 2.05) is 0 Å². The molecule has 0 aromatic heterocycles. The third-order valence-electron chi connectivity index (χ3n) is 1.38. The summed E-state index contributed by atoms with van der Waals surface area (Å²) in [4.78, 5) is 0. The molecule has 0 saturated heterocycles. The van der Waals surface area contributed by atoms with Crippen molar-refractivity contribution in [3.8, 4) is 0 Å². The van der Waals surface area contributed by atoms with E-state index < -0.39 is 0 Å². The molecule has 0 bridgehead atoms. The van der Waals surface area contributed by atoms with Crippen LogP contribution in [0.3, 0.4) is 0 Å². The van der Waals surface area contributed by atoms with Crippen LogP contribution in [0, 0.1) is 0 Å². The van der Waals surface area contributed by atoms with Gasteiger partial charge < -0.3 is 0 Å². The molecule has 0 unspecified atom stereocenters. The van der Waals surface area contributed by atoms with Crippen molar-refractivity contribution in [2.45, 2.75) is 11.9 Å². The first-order valence-corrected chi connectivity index (χ1v) is 7.05. The molecule has 0 radical (unpaired) electrons. The van der Waals surface area contributed by atoms with Crippen molar-refractivity contribution < 1.29 is 17.1 Å². The molecule has 0 amide bonds. The molecule has 0 aliphatic heterocycles. The summed E-state index contributed by atoms with van der Waals surface area (Å²) >= 11 is -0.290. The summed E-state index contributed by atoms with van der Waals surface area (Å²) in [5.41, 5.74) is 0. The van der Waals surface area contributed by atoms with Crippen molar-refractivity contribution in [3.63, 3.8) is 0 Å². The van der Waals surface area contributed by atoms with Crippen LogP contribution in [0.2, 0.25) is 5.02 Å². The Morgan fingerprint density at radius 1 is 1.20 bits per heavy atom. The molecular formula is C8H11BrZn. The van der Waals surface area contributed by atoms with E-state index in [0.717, 1.165) is 0 Å². The maximum absolute atomic E-state index is 2.28. The van der Waals surface area contributed by atoms with Crippen LogP contribution in [-0.2, 0) is 17.1 Å². The van der Waals surface area contributed by atoms with E-state index in [-0.39, 0.29) is 34.1 Å². The van der Waals surface area contributed by atoms with Gasteiger partial charge in [-0.15, -0.1) is 17.0 Å². The number of rotatable bonds is 2. The first kappa shape index (κ1) is 10.3. The summed E-state index contributed by atoms with van der Waals surface area (Å²) in [5, 5.41) is 1.43. The van der Waals surface area contributed by atoms with Crippen molar-refractivity contribution in [3.05, 3.63) is 30.3 Å². The van der Waals surface area contributed by atoms with E-state index in [2.05, 4.69) is 37.3 Å². The third-order valence-corrected chi connectivity index (χ3v) is 4.63. The molecule has 0 heterocycles. The zero-order valence-electron chi connectivity index (χ0n) is 6.21. The zero-order chi connectivity index (χ0) is 6.53. The molecule has 10 heavy (non-hydrogen) atoms. The van der Waals surface area contributed by atoms with Gasteiger partial charge in [0.15, 0.2) is 0 Å². The van der Waals surface area contributed by atoms with E-state index >= 15 is 0 Å². The van der Waals surface area contributed by atoms with E-state index in [0.29, 0.717) is 0 Å². The first-order chi connectivity index (χ1) is 4.43. The number of hydrogen-bond donors (Lipinski definition) is 0. The van der Waals surface area contributed by atoms with Gasteiger partial charge in [0.1, 0.15) is 0 Å². The second-order valence-electron chi connectivity index (χ2n) is 2.24. The normalized spacial score (nSPS) is 7.70. The fraction of sp³-hybridized carbons (Fsp3) is 0.250. The predicted molar refractivity (Wildman–Crippen MR) is 46.9 cm³/mol. The van der Waals surface area contributed by atoms with E-state index in [1.165, 1.54) is 5.02 Å². The van der Waals surface area contributed by atoms with Gasteiger partial charge in [-0.25, -0.2) is 0 Å². The third kappa shape index (κ3) is 3.48. The van der Waals surface area contributed by atoms with Gasteiger partial charge >= 0.3 is 63.6 Å². The Morgan fingerprint density at radius 3 is 2.30 bits per heavy atom. The van der Waals surface area contributed by atoms with E-state index in [1.54, 1.807) is 4.16 Å². The molecule has 0 nitrogen and oxygen atoms in total. The molecule has 0 aliphatic rings. The standard InChI is InChI=1S/C6H5.C2H5.BrH.Zn/c1-2-4-6-5-3-1;1-2;;/h1-5H;1H2,2H3;1H;. The molecule has 0 fully saturated rings. The molecular weight excluding hydrogens is 241 g/mol. The van der Waals surface area contributed by atoms with E-state index in [9.17, 15) is 0 Å². The first-order valence-electron chi connectivity index (χ1n) is 3.47. The Kier molecular flexibility index (Phi) is 6.26.